The van der Waals surface area contributed by atoms with Crippen LogP contribution in [-0.2, 0) is 4.79 Å². The molecule has 1 aromatic heterocycles. The van der Waals surface area contributed by atoms with Crippen LogP contribution in [0.1, 0.15) is 6.92 Å². The van der Waals surface area contributed by atoms with Gasteiger partial charge in [0, 0.05) is 12.6 Å². The highest BCUT2D eigenvalue weighted by Crippen LogP contribution is 2.33. The number of aromatic nitrogens is 1. The molecule has 2 heterocycles. The molecule has 0 bridgehead atoms. The normalized spacial score (nSPS) is 17.4. The molecule has 1 amide bonds. The SMILES string of the molecule is CNc1nc(-c2ccc3c(c2)NC(=O)C(C)O3)co1. The van der Waals surface area contributed by atoms with E-state index in [2.05, 4.69) is 15.6 Å². The number of ether oxygens (including phenoxy) is 1. The van der Waals surface area contributed by atoms with Crippen molar-refractivity contribution in [3.63, 3.8) is 0 Å². The first-order valence-electron chi connectivity index (χ1n) is 5.92. The van der Waals surface area contributed by atoms with Crippen molar-refractivity contribution in [1.82, 2.24) is 4.98 Å². The van der Waals surface area contributed by atoms with E-state index in [0.717, 1.165) is 5.56 Å². The first-order valence-corrected chi connectivity index (χ1v) is 5.92. The molecule has 1 aliphatic rings. The molecular formula is C13H13N3O3. The molecule has 2 aromatic rings. The van der Waals surface area contributed by atoms with Gasteiger partial charge in [-0.25, -0.2) is 0 Å². The lowest BCUT2D eigenvalue weighted by atomic mass is 10.1. The number of carbonyl (C=O) groups is 1. The summed E-state index contributed by atoms with van der Waals surface area (Å²) in [5, 5.41) is 5.62. The molecule has 0 radical (unpaired) electrons. The van der Waals surface area contributed by atoms with Gasteiger partial charge in [-0.1, -0.05) is 0 Å². The maximum Gasteiger partial charge on any atom is 0.294 e. The second-order valence-electron chi connectivity index (χ2n) is 4.25. The summed E-state index contributed by atoms with van der Waals surface area (Å²) in [6.45, 7) is 1.71. The molecule has 98 valence electrons. The average Bonchev–Trinajstić information content (AvgIpc) is 2.88. The van der Waals surface area contributed by atoms with E-state index < -0.39 is 6.10 Å². The number of benzene rings is 1. The largest absolute Gasteiger partial charge is 0.479 e. The molecule has 0 saturated carbocycles. The predicted molar refractivity (Wildman–Crippen MR) is 70.2 cm³/mol. The topological polar surface area (TPSA) is 76.4 Å². The number of anilines is 2. The zero-order chi connectivity index (χ0) is 13.4. The fourth-order valence-electron chi connectivity index (χ4n) is 1.89. The molecule has 1 unspecified atom stereocenters. The number of fused-ring (bicyclic) bond motifs is 1. The highest BCUT2D eigenvalue weighted by Gasteiger charge is 2.23. The first-order chi connectivity index (χ1) is 9.17. The van der Waals surface area contributed by atoms with Gasteiger partial charge < -0.3 is 19.8 Å². The zero-order valence-corrected chi connectivity index (χ0v) is 10.6. The van der Waals surface area contributed by atoms with Gasteiger partial charge in [-0.3, -0.25) is 4.79 Å². The van der Waals surface area contributed by atoms with Crippen LogP contribution in [0.3, 0.4) is 0 Å². The third kappa shape index (κ3) is 2.01. The molecule has 0 fully saturated rings. The van der Waals surface area contributed by atoms with Gasteiger partial charge in [-0.2, -0.15) is 4.98 Å². The third-order valence-corrected chi connectivity index (χ3v) is 2.92. The van der Waals surface area contributed by atoms with Crippen LogP contribution < -0.4 is 15.4 Å². The average molecular weight is 259 g/mol. The monoisotopic (exact) mass is 259 g/mol. The number of oxazole rings is 1. The minimum Gasteiger partial charge on any atom is -0.479 e. The number of nitrogens with one attached hydrogen (secondary N) is 2. The lowest BCUT2D eigenvalue weighted by Crippen LogP contribution is -2.34. The fraction of sp³-hybridized carbons (Fsp3) is 0.231. The van der Waals surface area contributed by atoms with Gasteiger partial charge in [-0.15, -0.1) is 0 Å². The van der Waals surface area contributed by atoms with Gasteiger partial charge in [0.1, 0.15) is 17.7 Å². The summed E-state index contributed by atoms with van der Waals surface area (Å²) in [6, 6.07) is 5.95. The molecule has 1 aromatic carbocycles. The van der Waals surface area contributed by atoms with Crippen LogP contribution >= 0.6 is 0 Å². The summed E-state index contributed by atoms with van der Waals surface area (Å²) < 4.78 is 10.7. The Morgan fingerprint density at radius 2 is 2.26 bits per heavy atom. The van der Waals surface area contributed by atoms with Crippen LogP contribution in [0.2, 0.25) is 0 Å². The lowest BCUT2D eigenvalue weighted by molar-refractivity contribution is -0.122. The Morgan fingerprint density at radius 3 is 3.00 bits per heavy atom. The van der Waals surface area contributed by atoms with E-state index in [4.69, 9.17) is 9.15 Å². The van der Waals surface area contributed by atoms with E-state index >= 15 is 0 Å². The quantitative estimate of drug-likeness (QED) is 0.863. The van der Waals surface area contributed by atoms with E-state index in [1.165, 1.54) is 0 Å². The van der Waals surface area contributed by atoms with Crippen molar-refractivity contribution >= 4 is 17.6 Å². The minimum atomic E-state index is -0.471. The Balaban J connectivity index is 1.97. The highest BCUT2D eigenvalue weighted by molar-refractivity contribution is 5.98. The lowest BCUT2D eigenvalue weighted by Gasteiger charge is -2.23. The molecule has 19 heavy (non-hydrogen) atoms. The summed E-state index contributed by atoms with van der Waals surface area (Å²) >= 11 is 0. The predicted octanol–water partition coefficient (Wildman–Crippen LogP) is 2.10. The number of hydrogen-bond donors (Lipinski definition) is 2. The van der Waals surface area contributed by atoms with Crippen molar-refractivity contribution in [2.45, 2.75) is 13.0 Å². The second kappa shape index (κ2) is 4.31. The zero-order valence-electron chi connectivity index (χ0n) is 10.6. The maximum absolute atomic E-state index is 11.6. The van der Waals surface area contributed by atoms with Gasteiger partial charge in [0.05, 0.1) is 5.69 Å². The minimum absolute atomic E-state index is 0.152. The van der Waals surface area contributed by atoms with Gasteiger partial charge in [-0.05, 0) is 25.1 Å². The summed E-state index contributed by atoms with van der Waals surface area (Å²) in [7, 11) is 1.73. The Hall–Kier alpha value is -2.50. The third-order valence-electron chi connectivity index (χ3n) is 2.92. The van der Waals surface area contributed by atoms with E-state index in [1.807, 2.05) is 18.2 Å². The van der Waals surface area contributed by atoms with Crippen molar-refractivity contribution in [2.75, 3.05) is 17.7 Å². The summed E-state index contributed by atoms with van der Waals surface area (Å²) in [4.78, 5) is 15.8. The molecule has 0 aliphatic carbocycles. The van der Waals surface area contributed by atoms with Crippen LogP contribution in [-0.4, -0.2) is 24.0 Å². The Bertz CT molecular complexity index is 636. The van der Waals surface area contributed by atoms with Crippen LogP contribution in [0.15, 0.2) is 28.9 Å². The van der Waals surface area contributed by atoms with Crippen molar-refractivity contribution in [3.8, 4) is 17.0 Å². The molecule has 0 saturated heterocycles. The van der Waals surface area contributed by atoms with Gasteiger partial charge in [0.15, 0.2) is 6.10 Å². The number of rotatable bonds is 2. The van der Waals surface area contributed by atoms with E-state index in [1.54, 1.807) is 20.2 Å². The second-order valence-corrected chi connectivity index (χ2v) is 4.25. The number of carbonyl (C=O) groups excluding carboxylic acids is 1. The van der Waals surface area contributed by atoms with Gasteiger partial charge >= 0.3 is 0 Å². The van der Waals surface area contributed by atoms with Gasteiger partial charge in [0.25, 0.3) is 11.9 Å². The van der Waals surface area contributed by atoms with Crippen LogP contribution in [0.25, 0.3) is 11.3 Å². The van der Waals surface area contributed by atoms with Crippen molar-refractivity contribution in [2.24, 2.45) is 0 Å². The fourth-order valence-corrected chi connectivity index (χ4v) is 1.89. The molecule has 0 spiro atoms. The Kier molecular flexibility index (Phi) is 2.63. The summed E-state index contributed by atoms with van der Waals surface area (Å²) in [5.74, 6) is 0.508. The van der Waals surface area contributed by atoms with Gasteiger partial charge in [0.2, 0.25) is 0 Å². The Morgan fingerprint density at radius 1 is 1.42 bits per heavy atom. The number of amides is 1. The molecule has 1 atom stereocenters. The molecule has 3 rings (SSSR count). The molecule has 6 nitrogen and oxygen atoms in total. The Labute approximate surface area is 109 Å². The standard InChI is InChI=1S/C13H13N3O3/c1-7-12(17)15-9-5-8(3-4-11(9)19-7)10-6-18-13(14-2)16-10/h3-7H,1-2H3,(H,14,16)(H,15,17). The molecule has 1 aliphatic heterocycles. The first kappa shape index (κ1) is 11.6. The highest BCUT2D eigenvalue weighted by atomic mass is 16.5. The van der Waals surface area contributed by atoms with Crippen molar-refractivity contribution < 1.29 is 13.9 Å². The van der Waals surface area contributed by atoms with E-state index in [-0.39, 0.29) is 5.91 Å². The number of hydrogen-bond acceptors (Lipinski definition) is 5. The molecule has 2 N–H and O–H groups in total. The van der Waals surface area contributed by atoms with E-state index in [9.17, 15) is 4.79 Å². The summed E-state index contributed by atoms with van der Waals surface area (Å²) in [6.07, 6.45) is 1.09. The van der Waals surface area contributed by atoms with Crippen molar-refractivity contribution in [3.05, 3.63) is 24.5 Å². The van der Waals surface area contributed by atoms with E-state index in [0.29, 0.717) is 23.1 Å². The molecule has 6 heteroatoms. The van der Waals surface area contributed by atoms with Crippen LogP contribution in [0.5, 0.6) is 5.75 Å². The maximum atomic E-state index is 11.6. The molecular weight excluding hydrogens is 246 g/mol. The van der Waals surface area contributed by atoms with Crippen LogP contribution in [0, 0.1) is 0 Å². The smallest absolute Gasteiger partial charge is 0.294 e. The number of nitrogens with zero attached hydrogens (tertiary/aromatic N) is 1. The van der Waals surface area contributed by atoms with Crippen molar-refractivity contribution in [1.29, 1.82) is 0 Å². The van der Waals surface area contributed by atoms with Crippen LogP contribution in [0.4, 0.5) is 11.7 Å². The summed E-state index contributed by atoms with van der Waals surface area (Å²) in [5.41, 5.74) is 2.19.